The first-order chi connectivity index (χ1) is 13.3. The maximum Gasteiger partial charge on any atom is 0.240 e. The Labute approximate surface area is 175 Å². The van der Waals surface area contributed by atoms with Crippen LogP contribution in [0, 0.1) is 22.7 Å². The number of likely N-dealkylation sites (N-methyl/N-ethyl adjacent to an activating group) is 1. The van der Waals surface area contributed by atoms with E-state index in [0.717, 1.165) is 0 Å². The first kappa shape index (κ1) is 23.7. The average molecular weight is 407 g/mol. The van der Waals surface area contributed by atoms with Crippen LogP contribution in [-0.2, 0) is 19.1 Å². The van der Waals surface area contributed by atoms with Gasteiger partial charge in [0.25, 0.3) is 0 Å². The van der Waals surface area contributed by atoms with Crippen LogP contribution in [0.3, 0.4) is 0 Å². The van der Waals surface area contributed by atoms with Crippen molar-refractivity contribution in [1.29, 1.82) is 0 Å². The van der Waals surface area contributed by atoms with Gasteiger partial charge >= 0.3 is 0 Å². The molecule has 6 atom stereocenters. The molecule has 6 heteroatoms. The van der Waals surface area contributed by atoms with Gasteiger partial charge in [-0.25, -0.2) is 0 Å². The molecular weight excluding hydrogens is 368 g/mol. The van der Waals surface area contributed by atoms with E-state index in [0.29, 0.717) is 13.0 Å². The van der Waals surface area contributed by atoms with E-state index in [4.69, 9.17) is 4.74 Å². The molecule has 0 spiro atoms. The van der Waals surface area contributed by atoms with Crippen LogP contribution in [0.1, 0.15) is 54.4 Å². The van der Waals surface area contributed by atoms with Gasteiger partial charge in [0.15, 0.2) is 5.78 Å². The lowest BCUT2D eigenvalue weighted by atomic mass is 9.82. The van der Waals surface area contributed by atoms with Crippen LogP contribution in [0.5, 0.6) is 0 Å². The number of nitrogens with one attached hydrogen (secondary N) is 1. The summed E-state index contributed by atoms with van der Waals surface area (Å²) >= 11 is 0. The monoisotopic (exact) mass is 406 g/mol. The van der Waals surface area contributed by atoms with E-state index in [2.05, 4.69) is 11.9 Å². The second kappa shape index (κ2) is 7.95. The molecule has 1 saturated heterocycles. The zero-order valence-electron chi connectivity index (χ0n) is 19.3. The van der Waals surface area contributed by atoms with Gasteiger partial charge in [-0.15, -0.1) is 6.58 Å². The topological polar surface area (TPSA) is 75.7 Å². The van der Waals surface area contributed by atoms with Crippen LogP contribution in [-0.4, -0.2) is 60.8 Å². The first-order valence-corrected chi connectivity index (χ1v) is 10.5. The molecule has 0 bridgehead atoms. The molecule has 1 N–H and O–H groups in total. The summed E-state index contributed by atoms with van der Waals surface area (Å²) in [7, 11) is 3.39. The fourth-order valence-electron chi connectivity index (χ4n) is 4.99. The lowest BCUT2D eigenvalue weighted by Crippen LogP contribution is -2.55. The molecule has 29 heavy (non-hydrogen) atoms. The summed E-state index contributed by atoms with van der Waals surface area (Å²) in [6.45, 7) is 15.6. The van der Waals surface area contributed by atoms with Crippen molar-refractivity contribution in [2.24, 2.45) is 22.7 Å². The third kappa shape index (κ3) is 4.06. The summed E-state index contributed by atoms with van der Waals surface area (Å²) < 4.78 is 5.76. The number of carbonyl (C=O) groups excluding carboxylic acids is 3. The standard InChI is InChI=1S/C23H38N2O4/c1-10-16-11-23(16,15(3)26)12-17(27)18-14(2)22(7,29-9)13-25(18)20(28)19(24-8)21(4,5)6/h10,14,16,18-19,24H,1,11-13H2,2-9H3/t14-,16+,18-,19+,22-,23-/m0/s1. The minimum absolute atomic E-state index is 0.0246. The first-order valence-electron chi connectivity index (χ1n) is 10.5. The molecule has 1 saturated carbocycles. The number of Topliss-reactive ketones (excluding diaryl/α,β-unsaturated/α-hetero) is 2. The fourth-order valence-corrected chi connectivity index (χ4v) is 4.99. The average Bonchev–Trinajstić information content (AvgIpc) is 3.27. The SMILES string of the molecule is C=C[C@@H]1C[C@]1(CC(=O)[C@@H]1[C@H](C)[C@@](C)(OC)CN1C(=O)[C@@H](NC)C(C)(C)C)C(C)=O. The van der Waals surface area contributed by atoms with Gasteiger partial charge in [0.2, 0.25) is 5.91 Å². The lowest BCUT2D eigenvalue weighted by molar-refractivity contribution is -0.143. The van der Waals surface area contributed by atoms with E-state index >= 15 is 0 Å². The molecule has 0 radical (unpaired) electrons. The highest BCUT2D eigenvalue weighted by Crippen LogP contribution is 2.57. The largest absolute Gasteiger partial charge is 0.376 e. The van der Waals surface area contributed by atoms with Crippen LogP contribution >= 0.6 is 0 Å². The van der Waals surface area contributed by atoms with E-state index in [-0.39, 0.29) is 41.1 Å². The number of nitrogens with zero attached hydrogens (tertiary/aromatic N) is 1. The van der Waals surface area contributed by atoms with Gasteiger partial charge in [0.1, 0.15) is 5.78 Å². The molecule has 164 valence electrons. The van der Waals surface area contributed by atoms with Gasteiger partial charge in [-0.05, 0) is 38.6 Å². The fraction of sp³-hybridized carbons (Fsp3) is 0.783. The second-order valence-electron chi connectivity index (χ2n) is 10.2. The molecule has 0 aromatic rings. The summed E-state index contributed by atoms with van der Waals surface area (Å²) in [5.41, 5.74) is -1.57. The summed E-state index contributed by atoms with van der Waals surface area (Å²) in [6.07, 6.45) is 2.58. The van der Waals surface area contributed by atoms with Crippen LogP contribution in [0.2, 0.25) is 0 Å². The van der Waals surface area contributed by atoms with Crippen LogP contribution < -0.4 is 5.32 Å². The van der Waals surface area contributed by atoms with Crippen LogP contribution in [0.15, 0.2) is 12.7 Å². The van der Waals surface area contributed by atoms with Gasteiger partial charge in [-0.3, -0.25) is 14.4 Å². The molecule has 0 aromatic carbocycles. The molecular formula is C23H38N2O4. The number of methoxy groups -OCH3 is 1. The normalized spacial score (nSPS) is 35.3. The van der Waals surface area contributed by atoms with Crippen molar-refractivity contribution in [1.82, 2.24) is 10.2 Å². The van der Waals surface area contributed by atoms with Crippen molar-refractivity contribution in [2.45, 2.75) is 72.1 Å². The van der Waals surface area contributed by atoms with Crippen molar-refractivity contribution < 1.29 is 19.1 Å². The Morgan fingerprint density at radius 3 is 2.31 bits per heavy atom. The van der Waals surface area contributed by atoms with Crippen LogP contribution in [0.25, 0.3) is 0 Å². The Balaban J connectivity index is 2.37. The predicted molar refractivity (Wildman–Crippen MR) is 113 cm³/mol. The second-order valence-corrected chi connectivity index (χ2v) is 10.2. The smallest absolute Gasteiger partial charge is 0.240 e. The highest BCUT2D eigenvalue weighted by Gasteiger charge is 2.60. The summed E-state index contributed by atoms with van der Waals surface area (Å²) in [5, 5.41) is 3.12. The van der Waals surface area contributed by atoms with Crippen molar-refractivity contribution in [3.63, 3.8) is 0 Å². The maximum absolute atomic E-state index is 13.5. The van der Waals surface area contributed by atoms with Gasteiger partial charge < -0.3 is 15.0 Å². The molecule has 1 aliphatic carbocycles. The zero-order valence-corrected chi connectivity index (χ0v) is 19.3. The Morgan fingerprint density at radius 1 is 1.34 bits per heavy atom. The lowest BCUT2D eigenvalue weighted by Gasteiger charge is -2.35. The third-order valence-electron chi connectivity index (χ3n) is 7.35. The Hall–Kier alpha value is -1.53. The summed E-state index contributed by atoms with van der Waals surface area (Å²) in [6, 6.07) is -1.03. The highest BCUT2D eigenvalue weighted by molar-refractivity contribution is 5.97. The Bertz CT molecular complexity index is 697. The molecule has 0 aromatic heterocycles. The van der Waals surface area contributed by atoms with E-state index in [1.54, 1.807) is 32.1 Å². The van der Waals surface area contributed by atoms with Crippen molar-refractivity contribution >= 4 is 17.5 Å². The van der Waals surface area contributed by atoms with E-state index < -0.39 is 23.1 Å². The predicted octanol–water partition coefficient (Wildman–Crippen LogP) is 2.61. The van der Waals surface area contributed by atoms with Crippen molar-refractivity contribution in [3.8, 4) is 0 Å². The third-order valence-corrected chi connectivity index (χ3v) is 7.35. The number of ketones is 2. The van der Waals surface area contributed by atoms with Gasteiger partial charge in [0.05, 0.1) is 24.2 Å². The minimum atomic E-state index is -0.647. The van der Waals surface area contributed by atoms with Crippen molar-refractivity contribution in [3.05, 3.63) is 12.7 Å². The molecule has 2 rings (SSSR count). The van der Waals surface area contributed by atoms with Gasteiger partial charge in [-0.1, -0.05) is 33.8 Å². The van der Waals surface area contributed by atoms with Gasteiger partial charge in [0, 0.05) is 24.9 Å². The van der Waals surface area contributed by atoms with E-state index in [1.807, 2.05) is 34.6 Å². The summed E-state index contributed by atoms with van der Waals surface area (Å²) in [4.78, 5) is 41.0. The minimum Gasteiger partial charge on any atom is -0.376 e. The number of allylic oxidation sites excluding steroid dienone is 1. The molecule has 2 aliphatic rings. The maximum atomic E-state index is 13.5. The number of hydrogen-bond acceptors (Lipinski definition) is 5. The number of ether oxygens (including phenoxy) is 1. The molecule has 2 fully saturated rings. The van der Waals surface area contributed by atoms with Gasteiger partial charge in [-0.2, -0.15) is 0 Å². The highest BCUT2D eigenvalue weighted by atomic mass is 16.5. The number of likely N-dealkylation sites (tertiary alicyclic amines) is 1. The van der Waals surface area contributed by atoms with E-state index in [1.165, 1.54) is 0 Å². The quantitative estimate of drug-likeness (QED) is 0.627. The Kier molecular flexibility index (Phi) is 6.51. The number of rotatable bonds is 8. The number of carbonyl (C=O) groups is 3. The summed E-state index contributed by atoms with van der Waals surface area (Å²) in [5.74, 6) is -0.268. The molecule has 0 unspecified atom stereocenters. The molecule has 6 nitrogen and oxygen atoms in total. The number of hydrogen-bond donors (Lipinski definition) is 1. The Morgan fingerprint density at radius 2 is 1.93 bits per heavy atom. The molecule has 1 aliphatic heterocycles. The zero-order chi connectivity index (χ0) is 22.4. The molecule has 1 heterocycles. The van der Waals surface area contributed by atoms with Crippen LogP contribution in [0.4, 0.5) is 0 Å². The van der Waals surface area contributed by atoms with E-state index in [9.17, 15) is 14.4 Å². The number of amides is 1. The van der Waals surface area contributed by atoms with Crippen molar-refractivity contribution in [2.75, 3.05) is 20.7 Å². The molecule has 1 amide bonds.